The molecule has 6 heteroatoms. The minimum Gasteiger partial charge on any atom is -0.477 e. The van der Waals surface area contributed by atoms with E-state index in [1.54, 1.807) is 6.07 Å². The highest BCUT2D eigenvalue weighted by atomic mass is 35.5. The smallest absolute Gasteiger partial charge is 0.354 e. The van der Waals surface area contributed by atoms with Crippen molar-refractivity contribution in [1.29, 1.82) is 0 Å². The lowest BCUT2D eigenvalue weighted by Gasteiger charge is -1.96. The van der Waals surface area contributed by atoms with E-state index in [1.807, 2.05) is 0 Å². The van der Waals surface area contributed by atoms with E-state index in [0.717, 1.165) is 0 Å². The highest BCUT2D eigenvalue weighted by Crippen LogP contribution is 2.15. The molecule has 0 aliphatic rings. The summed E-state index contributed by atoms with van der Waals surface area (Å²) in [7, 11) is 0. The highest BCUT2D eigenvalue weighted by Gasteiger charge is 2.11. The zero-order chi connectivity index (χ0) is 9.42. The van der Waals surface area contributed by atoms with Crippen molar-refractivity contribution in [3.05, 3.63) is 29.3 Å². The van der Waals surface area contributed by atoms with Gasteiger partial charge in [0.1, 0.15) is 11.8 Å². The first-order chi connectivity index (χ1) is 6.20. The van der Waals surface area contributed by atoms with Gasteiger partial charge in [-0.15, -0.1) is 0 Å². The number of rotatable bonds is 1. The predicted molar refractivity (Wildman–Crippen MR) is 45.0 cm³/mol. The van der Waals surface area contributed by atoms with Crippen LogP contribution in [0, 0.1) is 0 Å². The van der Waals surface area contributed by atoms with Crippen molar-refractivity contribution >= 4 is 23.1 Å². The molecular weight excluding hydrogens is 194 g/mol. The monoisotopic (exact) mass is 197 g/mol. The van der Waals surface area contributed by atoms with E-state index < -0.39 is 5.97 Å². The van der Waals surface area contributed by atoms with E-state index in [2.05, 4.69) is 10.1 Å². The van der Waals surface area contributed by atoms with Crippen LogP contribution >= 0.6 is 11.6 Å². The summed E-state index contributed by atoms with van der Waals surface area (Å²) >= 11 is 5.71. The molecule has 0 atom stereocenters. The third-order valence-corrected chi connectivity index (χ3v) is 1.92. The number of aromatic nitrogens is 3. The van der Waals surface area contributed by atoms with E-state index in [9.17, 15) is 4.79 Å². The number of carboxylic acids is 1. The summed E-state index contributed by atoms with van der Waals surface area (Å²) in [5.74, 6) is -1.05. The maximum absolute atomic E-state index is 10.7. The van der Waals surface area contributed by atoms with Gasteiger partial charge in [-0.25, -0.2) is 14.3 Å². The fraction of sp³-hybridized carbons (Fsp3) is 0. The van der Waals surface area contributed by atoms with Gasteiger partial charge in [0.25, 0.3) is 0 Å². The van der Waals surface area contributed by atoms with Crippen LogP contribution in [-0.4, -0.2) is 25.7 Å². The molecule has 2 rings (SSSR count). The Morgan fingerprint density at radius 1 is 1.54 bits per heavy atom. The van der Waals surface area contributed by atoms with Crippen LogP contribution in [0.1, 0.15) is 10.5 Å². The molecule has 13 heavy (non-hydrogen) atoms. The number of halogens is 1. The van der Waals surface area contributed by atoms with Crippen LogP contribution in [0.2, 0.25) is 5.15 Å². The van der Waals surface area contributed by atoms with Crippen LogP contribution in [0.4, 0.5) is 0 Å². The van der Waals surface area contributed by atoms with Crippen molar-refractivity contribution in [3.8, 4) is 0 Å². The van der Waals surface area contributed by atoms with E-state index in [0.29, 0.717) is 5.52 Å². The largest absolute Gasteiger partial charge is 0.477 e. The predicted octanol–water partition coefficient (Wildman–Crippen LogP) is 1.08. The Bertz CT molecular complexity index is 480. The van der Waals surface area contributed by atoms with E-state index in [-0.39, 0.29) is 10.8 Å². The van der Waals surface area contributed by atoms with Crippen molar-refractivity contribution in [1.82, 2.24) is 14.6 Å². The normalized spacial score (nSPS) is 10.5. The second-order valence-corrected chi connectivity index (χ2v) is 2.73. The van der Waals surface area contributed by atoms with Crippen LogP contribution in [0.25, 0.3) is 5.52 Å². The first kappa shape index (κ1) is 8.00. The van der Waals surface area contributed by atoms with Crippen molar-refractivity contribution in [2.75, 3.05) is 0 Å². The fourth-order valence-corrected chi connectivity index (χ4v) is 1.25. The highest BCUT2D eigenvalue weighted by molar-refractivity contribution is 6.32. The first-order valence-corrected chi connectivity index (χ1v) is 3.79. The van der Waals surface area contributed by atoms with Gasteiger partial charge < -0.3 is 5.11 Å². The zero-order valence-electron chi connectivity index (χ0n) is 6.31. The number of carbonyl (C=O) groups is 1. The summed E-state index contributed by atoms with van der Waals surface area (Å²) in [5.41, 5.74) is 0.556. The van der Waals surface area contributed by atoms with E-state index >= 15 is 0 Å². The number of aromatic carboxylic acids is 1. The van der Waals surface area contributed by atoms with Gasteiger partial charge >= 0.3 is 5.97 Å². The Morgan fingerprint density at radius 2 is 2.31 bits per heavy atom. The molecule has 2 aromatic heterocycles. The zero-order valence-corrected chi connectivity index (χ0v) is 7.06. The van der Waals surface area contributed by atoms with Gasteiger partial charge in [0.2, 0.25) is 0 Å². The van der Waals surface area contributed by atoms with Crippen molar-refractivity contribution in [3.63, 3.8) is 0 Å². The molecular formula is C7H4ClN3O2. The fourth-order valence-electron chi connectivity index (χ4n) is 1.07. The Labute approximate surface area is 77.6 Å². The molecule has 0 unspecified atom stereocenters. The number of hydrogen-bond donors (Lipinski definition) is 1. The van der Waals surface area contributed by atoms with Crippen molar-refractivity contribution < 1.29 is 9.90 Å². The summed E-state index contributed by atoms with van der Waals surface area (Å²) < 4.78 is 1.23. The molecule has 5 nitrogen and oxygen atoms in total. The Hall–Kier alpha value is -1.62. The molecule has 0 aliphatic carbocycles. The summed E-state index contributed by atoms with van der Waals surface area (Å²) in [6.07, 6.45) is 1.21. The topological polar surface area (TPSA) is 67.5 Å². The van der Waals surface area contributed by atoms with Gasteiger partial charge in [-0.05, 0) is 12.1 Å². The molecule has 1 N–H and O–H groups in total. The molecule has 0 spiro atoms. The maximum Gasteiger partial charge on any atom is 0.354 e. The Balaban J connectivity index is 2.83. The van der Waals surface area contributed by atoms with Crippen LogP contribution in [0.15, 0.2) is 18.5 Å². The quantitative estimate of drug-likeness (QED) is 0.743. The molecule has 0 aliphatic heterocycles. The molecule has 0 amide bonds. The maximum atomic E-state index is 10.7. The molecule has 0 fully saturated rings. The third-order valence-electron chi connectivity index (χ3n) is 1.62. The van der Waals surface area contributed by atoms with Crippen LogP contribution in [-0.2, 0) is 0 Å². The number of hydrogen-bond acceptors (Lipinski definition) is 3. The summed E-state index contributed by atoms with van der Waals surface area (Å²) in [6, 6.07) is 2.99. The van der Waals surface area contributed by atoms with Crippen LogP contribution < -0.4 is 0 Å². The average Bonchev–Trinajstić information content (AvgIpc) is 2.48. The third kappa shape index (κ3) is 1.13. The summed E-state index contributed by atoms with van der Waals surface area (Å²) in [5, 5.41) is 12.7. The van der Waals surface area contributed by atoms with E-state index in [1.165, 1.54) is 16.9 Å². The van der Waals surface area contributed by atoms with Crippen LogP contribution in [0.3, 0.4) is 0 Å². The molecule has 0 saturated carbocycles. The van der Waals surface area contributed by atoms with Gasteiger partial charge in [0.05, 0.1) is 0 Å². The SMILES string of the molecule is O=C(O)c1ccc2c(Cl)ncnn12. The van der Waals surface area contributed by atoms with Crippen LogP contribution in [0.5, 0.6) is 0 Å². The number of carboxylic acid groups (broad SMARTS) is 1. The Kier molecular flexibility index (Phi) is 1.66. The lowest BCUT2D eigenvalue weighted by atomic mass is 10.4. The minimum absolute atomic E-state index is 0.0688. The molecule has 2 aromatic rings. The molecule has 0 aromatic carbocycles. The number of nitrogens with zero attached hydrogens (tertiary/aromatic N) is 3. The van der Waals surface area contributed by atoms with Gasteiger partial charge in [0.15, 0.2) is 10.8 Å². The summed E-state index contributed by atoms with van der Waals surface area (Å²) in [4.78, 5) is 14.4. The molecule has 2 heterocycles. The van der Waals surface area contributed by atoms with E-state index in [4.69, 9.17) is 16.7 Å². The van der Waals surface area contributed by atoms with Gasteiger partial charge in [0, 0.05) is 0 Å². The van der Waals surface area contributed by atoms with Gasteiger partial charge in [-0.2, -0.15) is 5.10 Å². The molecule has 66 valence electrons. The standard InChI is InChI=1S/C7H4ClN3O2/c8-6-4-1-2-5(7(12)13)11(4)10-3-9-6/h1-3H,(H,12,13). The first-order valence-electron chi connectivity index (χ1n) is 3.41. The summed E-state index contributed by atoms with van der Waals surface area (Å²) in [6.45, 7) is 0. The minimum atomic E-state index is -1.05. The second kappa shape index (κ2) is 2.70. The van der Waals surface area contributed by atoms with Gasteiger partial charge in [-0.1, -0.05) is 11.6 Å². The van der Waals surface area contributed by atoms with Crippen molar-refractivity contribution in [2.45, 2.75) is 0 Å². The molecule has 0 bridgehead atoms. The van der Waals surface area contributed by atoms with Crippen molar-refractivity contribution in [2.24, 2.45) is 0 Å². The Morgan fingerprint density at radius 3 is 3.00 bits per heavy atom. The van der Waals surface area contributed by atoms with Gasteiger partial charge in [-0.3, -0.25) is 0 Å². The lowest BCUT2D eigenvalue weighted by Crippen LogP contribution is -2.04. The second-order valence-electron chi connectivity index (χ2n) is 2.37. The molecule has 0 saturated heterocycles. The number of fused-ring (bicyclic) bond motifs is 1. The lowest BCUT2D eigenvalue weighted by molar-refractivity contribution is 0.0688. The molecule has 0 radical (unpaired) electrons. The average molecular weight is 198 g/mol.